The fraction of sp³-hybridized carbons (Fsp3) is 0.877. The fourth-order valence-electron chi connectivity index (χ4n) is 9.00. The molecule has 11 nitrogen and oxygen atoms in total. The minimum absolute atomic E-state index is 0.254. The van der Waals surface area contributed by atoms with Crippen LogP contribution in [0.4, 0.5) is 0 Å². The molecule has 1 rings (SSSR count). The average molecular weight is 966 g/mol. The van der Waals surface area contributed by atoms with Gasteiger partial charge in [0.2, 0.25) is 5.91 Å². The smallest absolute Gasteiger partial charge is 0.249 e. The van der Waals surface area contributed by atoms with Gasteiger partial charge in [-0.05, 0) is 70.6 Å². The Hall–Kier alpha value is -1.67. The number of amides is 1. The Bertz CT molecular complexity index is 1200. The van der Waals surface area contributed by atoms with Crippen molar-refractivity contribution >= 4 is 5.91 Å². The predicted molar refractivity (Wildman–Crippen MR) is 279 cm³/mol. The summed E-state index contributed by atoms with van der Waals surface area (Å²) in [6, 6.07) is -1.18. The molecular formula is C57H107NO10. The Morgan fingerprint density at radius 3 is 1.37 bits per heavy atom. The molecule has 0 aromatic heterocycles. The first-order valence-electron chi connectivity index (χ1n) is 28.4. The zero-order chi connectivity index (χ0) is 49.7. The van der Waals surface area contributed by atoms with Crippen LogP contribution in [-0.2, 0) is 14.3 Å². The molecule has 8 N–H and O–H groups in total. The number of nitrogens with one attached hydrogen (secondary N) is 1. The molecule has 1 fully saturated rings. The van der Waals surface area contributed by atoms with Crippen LogP contribution in [0, 0.1) is 0 Å². The van der Waals surface area contributed by atoms with E-state index in [2.05, 4.69) is 55.6 Å². The molecule has 1 aliphatic heterocycles. The number of carbonyl (C=O) groups is 1. The summed E-state index contributed by atoms with van der Waals surface area (Å²) in [5.74, 6) is -0.707. The van der Waals surface area contributed by atoms with Gasteiger partial charge in [0.25, 0.3) is 0 Å². The van der Waals surface area contributed by atoms with Crippen LogP contribution < -0.4 is 5.32 Å². The fourth-order valence-corrected chi connectivity index (χ4v) is 9.00. The third kappa shape index (κ3) is 34.6. The molecule has 0 saturated carbocycles. The minimum Gasteiger partial charge on any atom is -0.394 e. The van der Waals surface area contributed by atoms with Crippen LogP contribution in [-0.4, -0.2) is 110 Å². The van der Waals surface area contributed by atoms with Crippen molar-refractivity contribution in [2.75, 3.05) is 13.2 Å². The highest BCUT2D eigenvalue weighted by atomic mass is 16.7. The number of unbranched alkanes of at least 4 members (excludes halogenated alkanes) is 30. The molecule has 0 aliphatic carbocycles. The van der Waals surface area contributed by atoms with E-state index in [-0.39, 0.29) is 12.8 Å². The Balaban J connectivity index is 2.17. The number of hydrogen-bond acceptors (Lipinski definition) is 10. The highest BCUT2D eigenvalue weighted by Crippen LogP contribution is 2.23. The van der Waals surface area contributed by atoms with Crippen molar-refractivity contribution in [3.63, 3.8) is 0 Å². The van der Waals surface area contributed by atoms with Crippen molar-refractivity contribution in [2.45, 2.75) is 306 Å². The van der Waals surface area contributed by atoms with Gasteiger partial charge >= 0.3 is 0 Å². The first-order chi connectivity index (χ1) is 33.2. The Morgan fingerprint density at radius 2 is 0.912 bits per heavy atom. The summed E-state index contributed by atoms with van der Waals surface area (Å²) in [6.45, 7) is 3.39. The Labute approximate surface area is 416 Å². The van der Waals surface area contributed by atoms with Crippen molar-refractivity contribution in [3.8, 4) is 0 Å². The standard InChI is InChI=1S/C57H107NO10/c1-3-5-7-9-11-13-14-15-16-17-18-19-20-21-22-23-24-25-26-27-28-29-30-31-32-33-34-35-37-39-41-43-45-50(61)56(66)58-48(47-67-57-55(65)54(64)53(63)51(46-59)68-57)52(62)49(60)44-42-40-38-36-12-10-8-6-4-2/h18-19,21-22,36,38,48-55,57,59-65H,3-17,20,23-35,37,39-47H2,1-2H3,(H,58,66)/b19-18-,22-21-,38-36+. The Kier molecular flexibility index (Phi) is 43.9. The summed E-state index contributed by atoms with van der Waals surface area (Å²) >= 11 is 0. The molecule has 1 heterocycles. The summed E-state index contributed by atoms with van der Waals surface area (Å²) in [7, 11) is 0. The van der Waals surface area contributed by atoms with E-state index in [9.17, 15) is 40.5 Å². The number of aliphatic hydroxyl groups is 7. The lowest BCUT2D eigenvalue weighted by molar-refractivity contribution is -0.303. The molecule has 11 heteroatoms. The van der Waals surface area contributed by atoms with Crippen LogP contribution in [0.2, 0.25) is 0 Å². The average Bonchev–Trinajstić information content (AvgIpc) is 3.34. The molecule has 1 aliphatic rings. The summed E-state index contributed by atoms with van der Waals surface area (Å²) in [5, 5.41) is 75.7. The van der Waals surface area contributed by atoms with Crippen LogP contribution in [0.3, 0.4) is 0 Å². The third-order valence-corrected chi connectivity index (χ3v) is 13.7. The van der Waals surface area contributed by atoms with Crippen molar-refractivity contribution in [1.29, 1.82) is 0 Å². The first kappa shape index (κ1) is 64.3. The van der Waals surface area contributed by atoms with Crippen LogP contribution in [0.5, 0.6) is 0 Å². The van der Waals surface area contributed by atoms with E-state index in [1.807, 2.05) is 0 Å². The monoisotopic (exact) mass is 966 g/mol. The lowest BCUT2D eigenvalue weighted by Gasteiger charge is -2.40. The minimum atomic E-state index is -1.67. The lowest BCUT2D eigenvalue weighted by Crippen LogP contribution is -2.60. The molecule has 0 bridgehead atoms. The number of allylic oxidation sites excluding steroid dienone is 6. The molecule has 9 unspecified atom stereocenters. The van der Waals surface area contributed by atoms with Crippen molar-refractivity contribution < 1.29 is 50.0 Å². The quantitative estimate of drug-likeness (QED) is 0.0215. The van der Waals surface area contributed by atoms with Gasteiger partial charge in [0, 0.05) is 0 Å². The molecule has 0 aromatic carbocycles. The van der Waals surface area contributed by atoms with E-state index in [1.54, 1.807) is 0 Å². The van der Waals surface area contributed by atoms with Crippen molar-refractivity contribution in [2.24, 2.45) is 0 Å². The number of hydrogen-bond donors (Lipinski definition) is 8. The van der Waals surface area contributed by atoms with Gasteiger partial charge < -0.3 is 50.5 Å². The van der Waals surface area contributed by atoms with E-state index >= 15 is 0 Å². The molecular weight excluding hydrogens is 859 g/mol. The van der Waals surface area contributed by atoms with Gasteiger partial charge in [-0.3, -0.25) is 4.79 Å². The second kappa shape index (κ2) is 46.4. The number of ether oxygens (including phenoxy) is 2. The first-order valence-corrected chi connectivity index (χ1v) is 28.4. The van der Waals surface area contributed by atoms with Gasteiger partial charge in [0.15, 0.2) is 6.29 Å². The van der Waals surface area contributed by atoms with Crippen molar-refractivity contribution in [1.82, 2.24) is 5.32 Å². The molecule has 9 atom stereocenters. The van der Waals surface area contributed by atoms with E-state index in [0.717, 1.165) is 44.9 Å². The predicted octanol–water partition coefficient (Wildman–Crippen LogP) is 11.5. The molecule has 0 radical (unpaired) electrons. The number of aliphatic hydroxyl groups excluding tert-OH is 7. The van der Waals surface area contributed by atoms with Crippen molar-refractivity contribution in [3.05, 3.63) is 36.5 Å². The topological polar surface area (TPSA) is 189 Å². The molecule has 1 amide bonds. The summed E-state index contributed by atoms with van der Waals surface area (Å²) in [6.07, 6.45) is 45.3. The molecule has 68 heavy (non-hydrogen) atoms. The largest absolute Gasteiger partial charge is 0.394 e. The van der Waals surface area contributed by atoms with Crippen LogP contribution >= 0.6 is 0 Å². The number of rotatable bonds is 48. The SMILES string of the molecule is CCCCCC/C=C/CCCC(O)C(O)C(COC1OC(CO)C(O)C(O)C1O)NC(=O)C(O)CCCCCCCCCCCCCCCCCC/C=C\C/C=C\CCCCCCCCCCC. The summed E-state index contributed by atoms with van der Waals surface area (Å²) < 4.78 is 11.1. The highest BCUT2D eigenvalue weighted by molar-refractivity contribution is 5.80. The lowest BCUT2D eigenvalue weighted by atomic mass is 9.98. The second-order valence-electron chi connectivity index (χ2n) is 20.0. The normalized spacial score (nSPS) is 20.8. The maximum absolute atomic E-state index is 13.1. The molecule has 0 aromatic rings. The van der Waals surface area contributed by atoms with E-state index in [4.69, 9.17) is 9.47 Å². The zero-order valence-corrected chi connectivity index (χ0v) is 43.6. The van der Waals surface area contributed by atoms with Crippen LogP contribution in [0.15, 0.2) is 36.5 Å². The number of carbonyl (C=O) groups excluding carboxylic acids is 1. The van der Waals surface area contributed by atoms with E-state index in [0.29, 0.717) is 12.8 Å². The van der Waals surface area contributed by atoms with E-state index in [1.165, 1.54) is 167 Å². The highest BCUT2D eigenvalue weighted by Gasteiger charge is 2.44. The maximum Gasteiger partial charge on any atom is 0.249 e. The summed E-state index contributed by atoms with van der Waals surface area (Å²) in [5.41, 5.74) is 0. The van der Waals surface area contributed by atoms with Gasteiger partial charge in [0.1, 0.15) is 36.6 Å². The van der Waals surface area contributed by atoms with Gasteiger partial charge in [0.05, 0.1) is 25.4 Å². The second-order valence-corrected chi connectivity index (χ2v) is 20.0. The zero-order valence-electron chi connectivity index (χ0n) is 43.6. The summed E-state index contributed by atoms with van der Waals surface area (Å²) in [4.78, 5) is 13.1. The molecule has 400 valence electrons. The van der Waals surface area contributed by atoms with E-state index < -0.39 is 74.2 Å². The molecule has 1 saturated heterocycles. The van der Waals surface area contributed by atoms with Crippen LogP contribution in [0.1, 0.15) is 251 Å². The van der Waals surface area contributed by atoms with Gasteiger partial charge in [-0.1, -0.05) is 217 Å². The van der Waals surface area contributed by atoms with Gasteiger partial charge in [-0.2, -0.15) is 0 Å². The maximum atomic E-state index is 13.1. The van der Waals surface area contributed by atoms with Gasteiger partial charge in [-0.15, -0.1) is 0 Å². The third-order valence-electron chi connectivity index (χ3n) is 13.7. The van der Waals surface area contributed by atoms with Crippen LogP contribution in [0.25, 0.3) is 0 Å². The van der Waals surface area contributed by atoms with Gasteiger partial charge in [-0.25, -0.2) is 0 Å². The molecule has 0 spiro atoms. The Morgan fingerprint density at radius 1 is 0.515 bits per heavy atom.